The molecule has 0 saturated carbocycles. The van der Waals surface area contributed by atoms with Crippen molar-refractivity contribution in [1.82, 2.24) is 4.90 Å². The van der Waals surface area contributed by atoms with E-state index in [2.05, 4.69) is 5.32 Å². The number of hydrogen-bond donors (Lipinski definition) is 2. The summed E-state index contributed by atoms with van der Waals surface area (Å²) in [5, 5.41) is 13.5. The average molecular weight is 475 g/mol. The number of unbranched alkanes of at least 4 members (excludes halogenated alkanes) is 2. The van der Waals surface area contributed by atoms with Gasteiger partial charge in [-0.1, -0.05) is 42.5 Å². The van der Waals surface area contributed by atoms with E-state index in [0.717, 1.165) is 34.5 Å². The maximum Gasteiger partial charge on any atom is 0.303 e. The Kier molecular flexibility index (Phi) is 8.00. The Bertz CT molecular complexity index is 1030. The summed E-state index contributed by atoms with van der Waals surface area (Å²) >= 11 is 8.21. The molecule has 1 saturated heterocycles. The number of nitrogens with one attached hydrogen (secondary N) is 1. The molecule has 31 heavy (non-hydrogen) atoms. The maximum absolute atomic E-state index is 12.7. The summed E-state index contributed by atoms with van der Waals surface area (Å²) in [5.74, 6) is -1.00. The van der Waals surface area contributed by atoms with Crippen molar-refractivity contribution in [1.29, 1.82) is 0 Å². The van der Waals surface area contributed by atoms with Crippen LogP contribution in [-0.2, 0) is 14.4 Å². The monoisotopic (exact) mass is 474 g/mol. The van der Waals surface area contributed by atoms with Gasteiger partial charge in [-0.15, -0.1) is 11.3 Å². The molecule has 1 aromatic carbocycles. The summed E-state index contributed by atoms with van der Waals surface area (Å²) in [6.45, 7) is 1.99. The molecular formula is C22H22N2O4S3. The van der Waals surface area contributed by atoms with Gasteiger partial charge in [0.25, 0.3) is 5.91 Å². The first-order valence-electron chi connectivity index (χ1n) is 9.77. The molecule has 9 heteroatoms. The van der Waals surface area contributed by atoms with Crippen LogP contribution in [0.25, 0.3) is 17.2 Å². The molecule has 1 aromatic heterocycles. The van der Waals surface area contributed by atoms with Crippen LogP contribution in [0.2, 0.25) is 0 Å². The number of aliphatic carboxylic acids is 1. The first kappa shape index (κ1) is 23.2. The fraction of sp³-hybridized carbons (Fsp3) is 0.273. The summed E-state index contributed by atoms with van der Waals surface area (Å²) in [5.41, 5.74) is 2.82. The minimum absolute atomic E-state index is 0.0946. The van der Waals surface area contributed by atoms with Crippen LogP contribution < -0.4 is 5.32 Å². The number of anilines is 1. The Hall–Kier alpha value is -2.49. The highest BCUT2D eigenvalue weighted by Gasteiger charge is 2.31. The number of rotatable bonds is 9. The van der Waals surface area contributed by atoms with Gasteiger partial charge in [0.05, 0.1) is 4.91 Å². The molecule has 3 rings (SSSR count). The second kappa shape index (κ2) is 10.7. The summed E-state index contributed by atoms with van der Waals surface area (Å²) in [6.07, 6.45) is 4.09. The van der Waals surface area contributed by atoms with E-state index < -0.39 is 5.97 Å². The molecule has 2 amide bonds. The standard InChI is InChI=1S/C22H22N2O4S3/c1-14(25)23-17-8-6-15(7-9-17)16-11-18(30-13-16)12-19-21(28)24(22(29)31-19)10-4-2-3-5-20(26)27/h6-9,11-13H,2-5,10H2,1H3,(H,23,25)(H,26,27)/b19-12-. The Morgan fingerprint density at radius 2 is 1.90 bits per heavy atom. The second-order valence-corrected chi connectivity index (χ2v) is 9.65. The van der Waals surface area contributed by atoms with Crippen molar-refractivity contribution in [2.45, 2.75) is 32.6 Å². The lowest BCUT2D eigenvalue weighted by atomic mass is 10.1. The van der Waals surface area contributed by atoms with Crippen molar-refractivity contribution in [3.05, 3.63) is 45.5 Å². The number of thioether (sulfide) groups is 1. The molecule has 1 fully saturated rings. The van der Waals surface area contributed by atoms with Crippen molar-refractivity contribution in [2.24, 2.45) is 0 Å². The van der Waals surface area contributed by atoms with Crippen LogP contribution in [0.5, 0.6) is 0 Å². The quantitative estimate of drug-likeness (QED) is 0.294. The Balaban J connectivity index is 1.61. The fourth-order valence-electron chi connectivity index (χ4n) is 3.07. The third-order valence-electron chi connectivity index (χ3n) is 4.58. The molecule has 2 N–H and O–H groups in total. The molecule has 6 nitrogen and oxygen atoms in total. The lowest BCUT2D eigenvalue weighted by molar-refractivity contribution is -0.137. The zero-order chi connectivity index (χ0) is 22.4. The topological polar surface area (TPSA) is 86.7 Å². The number of amides is 2. The molecule has 0 bridgehead atoms. The number of thiocarbonyl (C=S) groups is 1. The summed E-state index contributed by atoms with van der Waals surface area (Å²) in [6, 6.07) is 9.63. The van der Waals surface area contributed by atoms with Crippen molar-refractivity contribution in [3.63, 3.8) is 0 Å². The lowest BCUT2D eigenvalue weighted by Crippen LogP contribution is -2.29. The third kappa shape index (κ3) is 6.49. The van der Waals surface area contributed by atoms with E-state index >= 15 is 0 Å². The van der Waals surface area contributed by atoms with Gasteiger partial charge in [0, 0.05) is 30.5 Å². The van der Waals surface area contributed by atoms with Crippen LogP contribution in [0.4, 0.5) is 5.69 Å². The van der Waals surface area contributed by atoms with E-state index in [0.29, 0.717) is 22.2 Å². The first-order chi connectivity index (χ1) is 14.8. The molecular weight excluding hydrogens is 452 g/mol. The van der Waals surface area contributed by atoms with Crippen molar-refractivity contribution >= 4 is 69.2 Å². The van der Waals surface area contributed by atoms with Gasteiger partial charge in [-0.05, 0) is 53.6 Å². The molecule has 2 aromatic rings. The van der Waals surface area contributed by atoms with Gasteiger partial charge in [0.2, 0.25) is 5.91 Å². The van der Waals surface area contributed by atoms with Crippen LogP contribution in [0.3, 0.4) is 0 Å². The number of hydrogen-bond acceptors (Lipinski definition) is 6. The van der Waals surface area contributed by atoms with E-state index in [-0.39, 0.29) is 18.2 Å². The van der Waals surface area contributed by atoms with E-state index in [1.807, 2.05) is 41.8 Å². The minimum atomic E-state index is -0.799. The maximum atomic E-state index is 12.7. The summed E-state index contributed by atoms with van der Waals surface area (Å²) in [4.78, 5) is 37.6. The Labute approximate surface area is 194 Å². The largest absolute Gasteiger partial charge is 0.481 e. The summed E-state index contributed by atoms with van der Waals surface area (Å²) in [7, 11) is 0. The normalized spacial score (nSPS) is 15.0. The van der Waals surface area contributed by atoms with Crippen molar-refractivity contribution in [3.8, 4) is 11.1 Å². The predicted molar refractivity (Wildman–Crippen MR) is 130 cm³/mol. The fourth-order valence-corrected chi connectivity index (χ4v) is 5.30. The van der Waals surface area contributed by atoms with Gasteiger partial charge in [-0.25, -0.2) is 0 Å². The molecule has 0 spiro atoms. The second-order valence-electron chi connectivity index (χ2n) is 7.03. The number of carbonyl (C=O) groups is 3. The Morgan fingerprint density at radius 3 is 2.58 bits per heavy atom. The number of thiophene rings is 1. The number of carbonyl (C=O) groups excluding carboxylic acids is 2. The Morgan fingerprint density at radius 1 is 1.16 bits per heavy atom. The number of benzene rings is 1. The van der Waals surface area contributed by atoms with E-state index in [4.69, 9.17) is 17.3 Å². The smallest absolute Gasteiger partial charge is 0.303 e. The number of carboxylic acid groups (broad SMARTS) is 1. The van der Waals surface area contributed by atoms with E-state index in [1.54, 1.807) is 16.2 Å². The van der Waals surface area contributed by atoms with Crippen molar-refractivity contribution < 1.29 is 19.5 Å². The molecule has 2 heterocycles. The predicted octanol–water partition coefficient (Wildman–Crippen LogP) is 5.22. The summed E-state index contributed by atoms with van der Waals surface area (Å²) < 4.78 is 0.542. The number of nitrogens with zero attached hydrogens (tertiary/aromatic N) is 1. The molecule has 162 valence electrons. The SMILES string of the molecule is CC(=O)Nc1ccc(-c2csc(/C=C3\SC(=S)N(CCCCCC(=O)O)C3=O)c2)cc1. The van der Waals surface area contributed by atoms with Crippen LogP contribution in [0.15, 0.2) is 40.6 Å². The molecule has 1 aliphatic heterocycles. The van der Waals surface area contributed by atoms with Crippen molar-refractivity contribution in [2.75, 3.05) is 11.9 Å². The van der Waals surface area contributed by atoms with Crippen LogP contribution in [0.1, 0.15) is 37.5 Å². The van der Waals surface area contributed by atoms with Gasteiger partial charge in [-0.3, -0.25) is 19.3 Å². The lowest BCUT2D eigenvalue weighted by Gasteiger charge is -2.13. The molecule has 0 aliphatic carbocycles. The number of carboxylic acids is 1. The molecule has 0 atom stereocenters. The van der Waals surface area contributed by atoms with E-state index in [1.165, 1.54) is 18.7 Å². The zero-order valence-corrected chi connectivity index (χ0v) is 19.4. The molecule has 0 radical (unpaired) electrons. The van der Waals surface area contributed by atoms with E-state index in [9.17, 15) is 14.4 Å². The molecule has 0 unspecified atom stereocenters. The molecule has 1 aliphatic rings. The highest BCUT2D eigenvalue weighted by Crippen LogP contribution is 2.35. The highest BCUT2D eigenvalue weighted by atomic mass is 32.2. The third-order valence-corrected chi connectivity index (χ3v) is 6.84. The van der Waals surface area contributed by atoms with Gasteiger partial charge in [0.1, 0.15) is 4.32 Å². The zero-order valence-electron chi connectivity index (χ0n) is 16.9. The van der Waals surface area contributed by atoms with Crippen LogP contribution >= 0.6 is 35.3 Å². The van der Waals surface area contributed by atoms with Gasteiger partial charge in [-0.2, -0.15) is 0 Å². The van der Waals surface area contributed by atoms with Crippen LogP contribution in [-0.4, -0.2) is 38.7 Å². The van der Waals surface area contributed by atoms with Crippen LogP contribution in [0, 0.1) is 0 Å². The minimum Gasteiger partial charge on any atom is -0.481 e. The first-order valence-corrected chi connectivity index (χ1v) is 11.9. The van der Waals surface area contributed by atoms with Gasteiger partial charge >= 0.3 is 5.97 Å². The highest BCUT2D eigenvalue weighted by molar-refractivity contribution is 8.26. The van der Waals surface area contributed by atoms with Gasteiger partial charge in [0.15, 0.2) is 0 Å². The van der Waals surface area contributed by atoms with Gasteiger partial charge < -0.3 is 10.4 Å². The average Bonchev–Trinajstić information content (AvgIpc) is 3.27.